The Hall–Kier alpha value is -3.30. The predicted octanol–water partition coefficient (Wildman–Crippen LogP) is 2.83. The molecule has 1 atom stereocenters. The van der Waals surface area contributed by atoms with Crippen LogP contribution in [0.1, 0.15) is 17.4 Å². The maximum atomic E-state index is 11.6. The van der Waals surface area contributed by atoms with Crippen LogP contribution in [0.5, 0.6) is 0 Å². The van der Waals surface area contributed by atoms with Crippen LogP contribution >= 0.6 is 0 Å². The molecule has 0 saturated carbocycles. The molecule has 1 aliphatic heterocycles. The molecule has 3 aromatic rings. The Bertz CT molecular complexity index is 991. The molecule has 0 radical (unpaired) electrons. The SMILES string of the molecule is CN1CCNCC1c1noc(-c2ccc(NCc3ccccc3)c([N+](=O)[O-])c2)n1. The molecule has 2 heterocycles. The van der Waals surface area contributed by atoms with Gasteiger partial charge in [-0.05, 0) is 24.7 Å². The standard InChI is InChI=1S/C20H22N6O3/c1-25-10-9-21-13-18(25)19-23-20(29-24-19)15-7-8-16(17(11-15)26(27)28)22-12-14-5-3-2-4-6-14/h2-8,11,18,21-22H,9-10,12-13H2,1H3. The van der Waals surface area contributed by atoms with Gasteiger partial charge in [-0.15, -0.1) is 0 Å². The molecule has 1 saturated heterocycles. The first-order chi connectivity index (χ1) is 14.1. The van der Waals surface area contributed by atoms with Gasteiger partial charge in [0.25, 0.3) is 11.6 Å². The van der Waals surface area contributed by atoms with Crippen LogP contribution in [-0.2, 0) is 6.54 Å². The Labute approximate surface area is 167 Å². The van der Waals surface area contributed by atoms with E-state index in [4.69, 9.17) is 4.52 Å². The van der Waals surface area contributed by atoms with Crippen molar-refractivity contribution in [1.82, 2.24) is 20.4 Å². The molecule has 1 aromatic heterocycles. The molecule has 0 amide bonds. The Kier molecular flexibility index (Phi) is 5.50. The number of hydrogen-bond donors (Lipinski definition) is 2. The van der Waals surface area contributed by atoms with Gasteiger partial charge in [0.05, 0.1) is 11.0 Å². The summed E-state index contributed by atoms with van der Waals surface area (Å²) in [4.78, 5) is 17.8. The maximum absolute atomic E-state index is 11.6. The van der Waals surface area contributed by atoms with Gasteiger partial charge >= 0.3 is 0 Å². The van der Waals surface area contributed by atoms with Gasteiger partial charge in [-0.25, -0.2) is 0 Å². The van der Waals surface area contributed by atoms with E-state index in [1.54, 1.807) is 12.1 Å². The fourth-order valence-corrected chi connectivity index (χ4v) is 3.34. The predicted molar refractivity (Wildman–Crippen MR) is 108 cm³/mol. The Morgan fingerprint density at radius 3 is 2.90 bits per heavy atom. The number of anilines is 1. The molecule has 150 valence electrons. The van der Waals surface area contributed by atoms with Crippen molar-refractivity contribution in [2.75, 3.05) is 32.0 Å². The van der Waals surface area contributed by atoms with Crippen molar-refractivity contribution in [3.63, 3.8) is 0 Å². The minimum Gasteiger partial charge on any atom is -0.375 e. The Morgan fingerprint density at radius 1 is 1.31 bits per heavy atom. The lowest BCUT2D eigenvalue weighted by Gasteiger charge is -2.30. The normalized spacial score (nSPS) is 17.2. The van der Waals surface area contributed by atoms with Gasteiger partial charge in [0, 0.05) is 37.8 Å². The van der Waals surface area contributed by atoms with Gasteiger partial charge in [-0.2, -0.15) is 4.98 Å². The van der Waals surface area contributed by atoms with Crippen LogP contribution in [0.15, 0.2) is 53.1 Å². The molecule has 2 aromatic carbocycles. The Morgan fingerprint density at radius 2 is 2.14 bits per heavy atom. The van der Waals surface area contributed by atoms with E-state index in [2.05, 4.69) is 25.7 Å². The van der Waals surface area contributed by atoms with Crippen molar-refractivity contribution in [3.05, 3.63) is 70.0 Å². The van der Waals surface area contributed by atoms with E-state index in [9.17, 15) is 10.1 Å². The third kappa shape index (κ3) is 4.25. The number of nitrogens with zero attached hydrogens (tertiary/aromatic N) is 4. The molecule has 29 heavy (non-hydrogen) atoms. The van der Waals surface area contributed by atoms with Gasteiger partial charge in [0.1, 0.15) is 5.69 Å². The number of piperazine rings is 1. The van der Waals surface area contributed by atoms with Crippen molar-refractivity contribution < 1.29 is 9.45 Å². The summed E-state index contributed by atoms with van der Waals surface area (Å²) in [6, 6.07) is 14.6. The van der Waals surface area contributed by atoms with Gasteiger partial charge in [0.15, 0.2) is 5.82 Å². The molecule has 0 aliphatic carbocycles. The second kappa shape index (κ2) is 8.38. The highest BCUT2D eigenvalue weighted by molar-refractivity contribution is 5.69. The lowest BCUT2D eigenvalue weighted by Crippen LogP contribution is -2.44. The van der Waals surface area contributed by atoms with Crippen molar-refractivity contribution in [2.45, 2.75) is 12.6 Å². The summed E-state index contributed by atoms with van der Waals surface area (Å²) in [5, 5.41) is 22.1. The zero-order valence-corrected chi connectivity index (χ0v) is 16.0. The molecule has 9 heteroatoms. The minimum atomic E-state index is -0.410. The largest absolute Gasteiger partial charge is 0.375 e. The lowest BCUT2D eigenvalue weighted by atomic mass is 10.1. The van der Waals surface area contributed by atoms with E-state index >= 15 is 0 Å². The molecule has 1 unspecified atom stereocenters. The van der Waals surface area contributed by atoms with Gasteiger partial charge < -0.3 is 15.2 Å². The van der Waals surface area contributed by atoms with Crippen molar-refractivity contribution in [1.29, 1.82) is 0 Å². The van der Waals surface area contributed by atoms with Crippen molar-refractivity contribution in [3.8, 4) is 11.5 Å². The van der Waals surface area contributed by atoms with Crippen molar-refractivity contribution in [2.24, 2.45) is 0 Å². The number of aromatic nitrogens is 2. The molecule has 4 rings (SSSR count). The molecular weight excluding hydrogens is 372 g/mol. The monoisotopic (exact) mass is 394 g/mol. The van der Waals surface area contributed by atoms with Crippen LogP contribution in [0, 0.1) is 10.1 Å². The third-order valence-corrected chi connectivity index (χ3v) is 5.02. The fourth-order valence-electron chi connectivity index (χ4n) is 3.34. The summed E-state index contributed by atoms with van der Waals surface area (Å²) in [5.74, 6) is 0.848. The van der Waals surface area contributed by atoms with Gasteiger partial charge in [-0.3, -0.25) is 15.0 Å². The number of nitrogens with one attached hydrogen (secondary N) is 2. The smallest absolute Gasteiger partial charge is 0.293 e. The van der Waals surface area contributed by atoms with Crippen LogP contribution in [0.2, 0.25) is 0 Å². The summed E-state index contributed by atoms with van der Waals surface area (Å²) in [5.41, 5.74) is 1.97. The first-order valence-corrected chi connectivity index (χ1v) is 9.43. The van der Waals surface area contributed by atoms with Gasteiger partial charge in [-0.1, -0.05) is 35.5 Å². The molecule has 9 nitrogen and oxygen atoms in total. The molecule has 1 aliphatic rings. The highest BCUT2D eigenvalue weighted by atomic mass is 16.6. The lowest BCUT2D eigenvalue weighted by molar-refractivity contribution is -0.383. The number of nitro benzene ring substituents is 1. The first-order valence-electron chi connectivity index (χ1n) is 9.43. The highest BCUT2D eigenvalue weighted by Gasteiger charge is 2.26. The summed E-state index contributed by atoms with van der Waals surface area (Å²) < 4.78 is 5.40. The summed E-state index contributed by atoms with van der Waals surface area (Å²) >= 11 is 0. The fraction of sp³-hybridized carbons (Fsp3) is 0.300. The number of hydrogen-bond acceptors (Lipinski definition) is 8. The summed E-state index contributed by atoms with van der Waals surface area (Å²) in [6.07, 6.45) is 0. The zero-order valence-electron chi connectivity index (χ0n) is 16.0. The minimum absolute atomic E-state index is 0.0167. The van der Waals surface area contributed by atoms with E-state index in [1.165, 1.54) is 6.07 Å². The molecule has 1 fully saturated rings. The van der Waals surface area contributed by atoms with Crippen LogP contribution in [0.3, 0.4) is 0 Å². The molecular formula is C20H22N6O3. The van der Waals surface area contributed by atoms with Crippen molar-refractivity contribution >= 4 is 11.4 Å². The highest BCUT2D eigenvalue weighted by Crippen LogP contribution is 2.31. The summed E-state index contributed by atoms with van der Waals surface area (Å²) in [6.45, 7) is 3.04. The maximum Gasteiger partial charge on any atom is 0.293 e. The zero-order chi connectivity index (χ0) is 20.2. The van der Waals surface area contributed by atoms with Crippen LogP contribution < -0.4 is 10.6 Å². The van der Waals surface area contributed by atoms with Crippen LogP contribution in [-0.4, -0.2) is 46.6 Å². The number of rotatable bonds is 6. The first kappa shape index (κ1) is 19.0. The van der Waals surface area contributed by atoms with E-state index in [1.807, 2.05) is 37.4 Å². The second-order valence-corrected chi connectivity index (χ2v) is 6.99. The average Bonchev–Trinajstić information content (AvgIpc) is 3.23. The van der Waals surface area contributed by atoms with Crippen LogP contribution in [0.25, 0.3) is 11.5 Å². The topological polar surface area (TPSA) is 109 Å². The van der Waals surface area contributed by atoms with Gasteiger partial charge in [0.2, 0.25) is 0 Å². The molecule has 2 N–H and O–H groups in total. The number of benzene rings is 2. The number of nitro groups is 1. The van der Waals surface area contributed by atoms with E-state index in [-0.39, 0.29) is 17.6 Å². The second-order valence-electron chi connectivity index (χ2n) is 6.99. The third-order valence-electron chi connectivity index (χ3n) is 5.02. The molecule has 0 bridgehead atoms. The number of likely N-dealkylation sites (N-methyl/N-ethyl adjacent to an activating group) is 1. The summed E-state index contributed by atoms with van der Waals surface area (Å²) in [7, 11) is 2.01. The Balaban J connectivity index is 1.55. The van der Waals surface area contributed by atoms with Crippen LogP contribution in [0.4, 0.5) is 11.4 Å². The average molecular weight is 394 g/mol. The van der Waals surface area contributed by atoms with E-state index in [0.29, 0.717) is 23.6 Å². The quantitative estimate of drug-likeness (QED) is 0.485. The van der Waals surface area contributed by atoms with E-state index < -0.39 is 4.92 Å². The molecule has 0 spiro atoms. The van der Waals surface area contributed by atoms with E-state index in [0.717, 1.165) is 25.2 Å².